The molecule has 0 spiro atoms. The van der Waals surface area contributed by atoms with Gasteiger partial charge in [0, 0.05) is 12.6 Å². The Kier molecular flexibility index (Phi) is 3.42. The van der Waals surface area contributed by atoms with Gasteiger partial charge in [0.1, 0.15) is 11.6 Å². The second-order valence-corrected chi connectivity index (χ2v) is 5.20. The molecule has 102 valence electrons. The number of fused-ring (bicyclic) bond motifs is 1. The first-order valence-electron chi connectivity index (χ1n) is 7.05. The lowest BCUT2D eigenvalue weighted by Crippen LogP contribution is -2.19. The Morgan fingerprint density at radius 3 is 2.95 bits per heavy atom. The predicted molar refractivity (Wildman–Crippen MR) is 76.4 cm³/mol. The molecule has 0 amide bonds. The van der Waals surface area contributed by atoms with Crippen molar-refractivity contribution in [2.75, 3.05) is 13.7 Å². The summed E-state index contributed by atoms with van der Waals surface area (Å²) in [5, 5.41) is 3.51. The number of aromatic nitrogens is 2. The lowest BCUT2D eigenvalue weighted by atomic mass is 10.3. The quantitative estimate of drug-likeness (QED) is 0.866. The molecular weight excluding hydrogens is 238 g/mol. The average Bonchev–Trinajstić information content (AvgIpc) is 3.18. The number of ether oxygens (including phenoxy) is 1. The number of nitrogens with one attached hydrogen (secondary N) is 1. The third-order valence-electron chi connectivity index (χ3n) is 3.76. The van der Waals surface area contributed by atoms with Crippen molar-refractivity contribution in [3.05, 3.63) is 24.0 Å². The average molecular weight is 259 g/mol. The van der Waals surface area contributed by atoms with Crippen molar-refractivity contribution < 1.29 is 4.74 Å². The molecule has 0 saturated heterocycles. The molecule has 1 aliphatic carbocycles. The van der Waals surface area contributed by atoms with Gasteiger partial charge in [0.05, 0.1) is 24.7 Å². The Morgan fingerprint density at radius 1 is 1.42 bits per heavy atom. The highest BCUT2D eigenvalue weighted by Gasteiger charge is 2.20. The van der Waals surface area contributed by atoms with E-state index in [0.717, 1.165) is 42.6 Å². The number of benzene rings is 1. The number of rotatable bonds is 6. The van der Waals surface area contributed by atoms with Crippen LogP contribution >= 0.6 is 0 Å². The van der Waals surface area contributed by atoms with Crippen LogP contribution in [0.25, 0.3) is 11.0 Å². The molecule has 19 heavy (non-hydrogen) atoms. The zero-order chi connectivity index (χ0) is 13.2. The van der Waals surface area contributed by atoms with Gasteiger partial charge in [-0.1, -0.05) is 0 Å². The second kappa shape index (κ2) is 5.21. The van der Waals surface area contributed by atoms with E-state index >= 15 is 0 Å². The first-order valence-corrected chi connectivity index (χ1v) is 7.05. The predicted octanol–water partition coefficient (Wildman–Crippen LogP) is 2.56. The Bertz CT molecular complexity index is 572. The highest BCUT2D eigenvalue weighted by atomic mass is 16.5. The van der Waals surface area contributed by atoms with Gasteiger partial charge >= 0.3 is 0 Å². The van der Waals surface area contributed by atoms with Gasteiger partial charge in [0.2, 0.25) is 0 Å². The van der Waals surface area contributed by atoms with Crippen molar-refractivity contribution >= 4 is 11.0 Å². The Hall–Kier alpha value is -1.55. The molecule has 4 heteroatoms. The van der Waals surface area contributed by atoms with Gasteiger partial charge in [0.25, 0.3) is 0 Å². The lowest BCUT2D eigenvalue weighted by molar-refractivity contribution is 0.415. The largest absolute Gasteiger partial charge is 0.497 e. The highest BCUT2D eigenvalue weighted by molar-refractivity contribution is 5.77. The summed E-state index contributed by atoms with van der Waals surface area (Å²) in [5.41, 5.74) is 2.20. The standard InChI is InChI=1S/C15H21N3O/c1-3-18-14-7-6-12(19-2)8-13(14)17-15(18)10-16-9-11-4-5-11/h6-8,11,16H,3-5,9-10H2,1-2H3. The van der Waals surface area contributed by atoms with Gasteiger partial charge in [-0.05, 0) is 44.4 Å². The molecule has 1 heterocycles. The number of nitrogens with zero attached hydrogens (tertiary/aromatic N) is 2. The van der Waals surface area contributed by atoms with Crippen LogP contribution in [0.2, 0.25) is 0 Å². The van der Waals surface area contributed by atoms with Crippen LogP contribution in [0.3, 0.4) is 0 Å². The van der Waals surface area contributed by atoms with E-state index in [-0.39, 0.29) is 0 Å². The number of hydrogen-bond donors (Lipinski definition) is 1. The van der Waals surface area contributed by atoms with Gasteiger partial charge in [-0.15, -0.1) is 0 Å². The molecule has 0 unspecified atom stereocenters. The molecule has 3 rings (SSSR count). The Balaban J connectivity index is 1.84. The summed E-state index contributed by atoms with van der Waals surface area (Å²) in [6.45, 7) is 5.08. The number of aryl methyl sites for hydroxylation is 1. The molecule has 0 atom stereocenters. The zero-order valence-electron chi connectivity index (χ0n) is 11.6. The maximum absolute atomic E-state index is 5.26. The lowest BCUT2D eigenvalue weighted by Gasteiger charge is -2.07. The molecule has 0 radical (unpaired) electrons. The van der Waals surface area contributed by atoms with E-state index in [4.69, 9.17) is 9.72 Å². The molecule has 2 aromatic rings. The van der Waals surface area contributed by atoms with Crippen LogP contribution in [-0.2, 0) is 13.1 Å². The summed E-state index contributed by atoms with van der Waals surface area (Å²) in [5.74, 6) is 2.89. The third-order valence-corrected chi connectivity index (χ3v) is 3.76. The summed E-state index contributed by atoms with van der Waals surface area (Å²) >= 11 is 0. The first kappa shape index (κ1) is 12.5. The van der Waals surface area contributed by atoms with E-state index in [1.807, 2.05) is 12.1 Å². The molecule has 1 aromatic heterocycles. The van der Waals surface area contributed by atoms with E-state index < -0.39 is 0 Å². The van der Waals surface area contributed by atoms with Crippen LogP contribution < -0.4 is 10.1 Å². The fourth-order valence-electron chi connectivity index (χ4n) is 2.48. The zero-order valence-corrected chi connectivity index (χ0v) is 11.6. The van der Waals surface area contributed by atoms with Crippen LogP contribution in [0, 0.1) is 5.92 Å². The summed E-state index contributed by atoms with van der Waals surface area (Å²) in [6, 6.07) is 6.10. The van der Waals surface area contributed by atoms with E-state index in [1.54, 1.807) is 7.11 Å². The summed E-state index contributed by atoms with van der Waals surface area (Å²) in [7, 11) is 1.69. The van der Waals surface area contributed by atoms with Crippen LogP contribution in [0.4, 0.5) is 0 Å². The SMILES string of the molecule is CCn1c(CNCC2CC2)nc2cc(OC)ccc21. The van der Waals surface area contributed by atoms with Crippen LogP contribution in [-0.4, -0.2) is 23.2 Å². The third kappa shape index (κ3) is 2.59. The van der Waals surface area contributed by atoms with Crippen molar-refractivity contribution in [3.63, 3.8) is 0 Å². The Labute approximate surface area is 113 Å². The minimum Gasteiger partial charge on any atom is -0.497 e. The maximum atomic E-state index is 5.26. The summed E-state index contributed by atoms with van der Waals surface area (Å²) in [6.07, 6.45) is 2.77. The maximum Gasteiger partial charge on any atom is 0.123 e. The number of methoxy groups -OCH3 is 1. The fraction of sp³-hybridized carbons (Fsp3) is 0.533. The van der Waals surface area contributed by atoms with E-state index in [1.165, 1.54) is 18.4 Å². The normalized spacial score (nSPS) is 15.1. The smallest absolute Gasteiger partial charge is 0.123 e. The van der Waals surface area contributed by atoms with Gasteiger partial charge in [-0.3, -0.25) is 0 Å². The number of hydrogen-bond acceptors (Lipinski definition) is 3. The molecular formula is C15H21N3O. The molecule has 1 aromatic carbocycles. The van der Waals surface area contributed by atoms with Gasteiger partial charge < -0.3 is 14.6 Å². The summed E-state index contributed by atoms with van der Waals surface area (Å²) < 4.78 is 7.53. The van der Waals surface area contributed by atoms with Crippen molar-refractivity contribution in [2.24, 2.45) is 5.92 Å². The van der Waals surface area contributed by atoms with E-state index in [0.29, 0.717) is 0 Å². The van der Waals surface area contributed by atoms with Gasteiger partial charge in [-0.25, -0.2) is 4.98 Å². The van der Waals surface area contributed by atoms with Gasteiger partial charge in [0.15, 0.2) is 0 Å². The van der Waals surface area contributed by atoms with E-state index in [2.05, 4.69) is 22.9 Å². The Morgan fingerprint density at radius 2 is 2.26 bits per heavy atom. The van der Waals surface area contributed by atoms with Crippen molar-refractivity contribution in [3.8, 4) is 5.75 Å². The molecule has 1 fully saturated rings. The first-order chi connectivity index (χ1) is 9.31. The molecule has 4 nitrogen and oxygen atoms in total. The second-order valence-electron chi connectivity index (χ2n) is 5.20. The number of imidazole rings is 1. The van der Waals surface area contributed by atoms with Crippen molar-refractivity contribution in [2.45, 2.75) is 32.9 Å². The monoisotopic (exact) mass is 259 g/mol. The molecule has 1 aliphatic rings. The molecule has 0 bridgehead atoms. The fourth-order valence-corrected chi connectivity index (χ4v) is 2.48. The van der Waals surface area contributed by atoms with Crippen LogP contribution in [0.1, 0.15) is 25.6 Å². The minimum absolute atomic E-state index is 0.849. The molecule has 1 N–H and O–H groups in total. The summed E-state index contributed by atoms with van der Waals surface area (Å²) in [4.78, 5) is 4.73. The van der Waals surface area contributed by atoms with Gasteiger partial charge in [-0.2, -0.15) is 0 Å². The van der Waals surface area contributed by atoms with E-state index in [9.17, 15) is 0 Å². The molecule has 0 aliphatic heterocycles. The molecule has 1 saturated carbocycles. The van der Waals surface area contributed by atoms with Crippen LogP contribution in [0.15, 0.2) is 18.2 Å². The highest BCUT2D eigenvalue weighted by Crippen LogP contribution is 2.27. The van der Waals surface area contributed by atoms with Crippen LogP contribution in [0.5, 0.6) is 5.75 Å². The minimum atomic E-state index is 0.849. The topological polar surface area (TPSA) is 39.1 Å². The van der Waals surface area contributed by atoms with Crippen molar-refractivity contribution in [1.29, 1.82) is 0 Å². The van der Waals surface area contributed by atoms with Crippen molar-refractivity contribution in [1.82, 2.24) is 14.9 Å².